The second kappa shape index (κ2) is 14.7. The number of hydrogen-bond donors (Lipinski definition) is 0. The largest absolute Gasteiger partial charge is 0.0176 e. The molecule has 0 aromatic heterocycles. The van der Waals surface area contributed by atoms with Gasteiger partial charge in [0.15, 0.2) is 0 Å². The molecule has 0 bridgehead atoms. The number of thiocarbonyl (C=S) groups is 2. The molecule has 0 heterocycles. The first kappa shape index (κ1) is 15.7. The zero-order valence-electron chi connectivity index (χ0n) is 9.32. The fourth-order valence-electron chi connectivity index (χ4n) is 0.457. The van der Waals surface area contributed by atoms with Gasteiger partial charge < -0.3 is 0 Å². The van der Waals surface area contributed by atoms with Gasteiger partial charge in [-0.25, -0.2) is 0 Å². The molecule has 0 spiro atoms. The summed E-state index contributed by atoms with van der Waals surface area (Å²) in [6.45, 7) is 0. The average molecular weight is 268 g/mol. The summed E-state index contributed by atoms with van der Waals surface area (Å²) in [6.07, 6.45) is 0. The summed E-state index contributed by atoms with van der Waals surface area (Å²) >= 11 is 8.71. The highest BCUT2D eigenvalue weighted by Crippen LogP contribution is 1.56. The summed E-state index contributed by atoms with van der Waals surface area (Å²) < 4.78 is 0. The molecule has 0 saturated carbocycles. The molecule has 2 heteroatoms. The maximum Gasteiger partial charge on any atom is 0.0148 e. The Morgan fingerprint density at radius 1 is 0.263 bits per heavy atom. The predicted molar refractivity (Wildman–Crippen MR) is 77.9 cm³/mol. The third-order valence-electron chi connectivity index (χ3n) is 0.977. The van der Waals surface area contributed by atoms with Gasteiger partial charge in [-0.15, -0.1) is 0 Å². The summed E-state index contributed by atoms with van der Waals surface area (Å²) in [5.74, 6) is 0. The van der Waals surface area contributed by atoms with E-state index in [4.69, 9.17) is 0 Å². The molecule has 80 valence electrons. The Labute approximate surface area is 120 Å². The second-order valence-corrected chi connectivity index (χ2v) is 2.49. The van der Waals surface area contributed by atoms with Gasteiger partial charge in [-0.1, -0.05) is 0 Å². The lowest BCUT2D eigenvalue weighted by Crippen LogP contribution is -1.26. The standard InChI is InChI=1S/C17S2/c18-16-14-12-10-8-6-4-2-1-3-5-7-9-11-13-15-17-19. The maximum absolute atomic E-state index is 4.36. The molecular formula is C17S2. The Balaban J connectivity index is 5.75. The lowest BCUT2D eigenvalue weighted by Gasteiger charge is -1.40. The van der Waals surface area contributed by atoms with Crippen molar-refractivity contribution in [1.29, 1.82) is 0 Å². The minimum atomic E-state index is 2.20. The molecule has 0 N–H and O–H groups in total. The molecule has 0 saturated heterocycles. The van der Waals surface area contributed by atoms with E-state index >= 15 is 0 Å². The molecule has 0 nitrogen and oxygen atoms in total. The summed E-state index contributed by atoms with van der Waals surface area (Å²) in [7, 11) is 0. The molecular weight excluding hydrogens is 268 g/mol. The van der Waals surface area contributed by atoms with Gasteiger partial charge in [-0.3, -0.25) is 0 Å². The highest BCUT2D eigenvalue weighted by molar-refractivity contribution is 7.78. The fourth-order valence-corrected chi connectivity index (χ4v) is 0.559. The van der Waals surface area contributed by atoms with Crippen LogP contribution in [-0.2, 0) is 0 Å². The van der Waals surface area contributed by atoms with Crippen molar-refractivity contribution in [3.63, 3.8) is 0 Å². The molecule has 0 aliphatic heterocycles. The monoisotopic (exact) mass is 268 g/mol. The van der Waals surface area contributed by atoms with Gasteiger partial charge in [0.05, 0.1) is 0 Å². The van der Waals surface area contributed by atoms with Crippen molar-refractivity contribution >= 4 is 34.5 Å². The van der Waals surface area contributed by atoms with E-state index in [1.165, 1.54) is 0 Å². The van der Waals surface area contributed by atoms with E-state index in [1.54, 1.807) is 0 Å². The van der Waals surface area contributed by atoms with Crippen LogP contribution >= 0.6 is 24.4 Å². The molecule has 0 unspecified atom stereocenters. The normalized spacial score (nSPS) is 3.79. The lowest BCUT2D eigenvalue weighted by molar-refractivity contribution is 2.12. The van der Waals surface area contributed by atoms with Crippen LogP contribution in [-0.4, -0.2) is 10.0 Å². The smallest absolute Gasteiger partial charge is 0.0148 e. The minimum absolute atomic E-state index is 2.20. The molecule has 0 aromatic carbocycles. The fraction of sp³-hybridized carbons (Fsp3) is 0. The minimum Gasteiger partial charge on any atom is -0.0176 e. The zero-order chi connectivity index (χ0) is 14.0. The number of rotatable bonds is 0. The third-order valence-corrected chi connectivity index (χ3v) is 1.18. The Kier molecular flexibility index (Phi) is 12.1. The van der Waals surface area contributed by atoms with Crippen LogP contribution in [0.15, 0.2) is 86.0 Å². The highest BCUT2D eigenvalue weighted by atomic mass is 32.1. The van der Waals surface area contributed by atoms with E-state index in [2.05, 4.69) is 120 Å². The van der Waals surface area contributed by atoms with Crippen LogP contribution in [0.25, 0.3) is 0 Å². The summed E-state index contributed by atoms with van der Waals surface area (Å²) in [5.41, 5.74) is 36.7. The molecule has 0 amide bonds. The maximum atomic E-state index is 4.36. The SMILES string of the molecule is S=C=C=C=C=C=C=C=C=C=C=C=C=C=C=C=C=C=S. The van der Waals surface area contributed by atoms with E-state index in [9.17, 15) is 0 Å². The second-order valence-electron chi connectivity index (χ2n) is 2.08. The van der Waals surface area contributed by atoms with Gasteiger partial charge in [0.2, 0.25) is 0 Å². The van der Waals surface area contributed by atoms with Gasteiger partial charge in [-0.2, -0.15) is 0 Å². The Hall–Kier alpha value is -3.30. The van der Waals surface area contributed by atoms with Gasteiger partial charge in [-0.05, 0) is 24.4 Å². The molecule has 19 heavy (non-hydrogen) atoms. The summed E-state index contributed by atoms with van der Waals surface area (Å²) in [6, 6.07) is 0. The Morgan fingerprint density at radius 2 is 0.421 bits per heavy atom. The molecule has 0 aromatic rings. The summed E-state index contributed by atoms with van der Waals surface area (Å²) in [4.78, 5) is 0. The van der Waals surface area contributed by atoms with E-state index in [-0.39, 0.29) is 0 Å². The highest BCUT2D eigenvalue weighted by Gasteiger charge is 1.41. The summed E-state index contributed by atoms with van der Waals surface area (Å²) in [5, 5.41) is 4.41. The van der Waals surface area contributed by atoms with Crippen molar-refractivity contribution in [1.82, 2.24) is 0 Å². The molecule has 0 fully saturated rings. The Bertz CT molecular complexity index is 897. The number of hydrogen-bond acceptors (Lipinski definition) is 2. The van der Waals surface area contributed by atoms with Gasteiger partial charge in [0, 0.05) is 96.0 Å². The van der Waals surface area contributed by atoms with E-state index in [0.717, 1.165) is 0 Å². The first-order valence-corrected chi connectivity index (χ1v) is 5.22. The van der Waals surface area contributed by atoms with Crippen LogP contribution in [0.4, 0.5) is 0 Å². The van der Waals surface area contributed by atoms with Gasteiger partial charge >= 0.3 is 0 Å². The first-order chi connectivity index (χ1) is 9.41. The van der Waals surface area contributed by atoms with E-state index < -0.39 is 0 Å². The van der Waals surface area contributed by atoms with Crippen LogP contribution < -0.4 is 0 Å². The van der Waals surface area contributed by atoms with Crippen LogP contribution in [0.1, 0.15) is 0 Å². The first-order valence-electron chi connectivity index (χ1n) is 4.41. The molecule has 0 radical (unpaired) electrons. The van der Waals surface area contributed by atoms with Crippen molar-refractivity contribution in [3.05, 3.63) is 86.0 Å². The predicted octanol–water partition coefficient (Wildman–Crippen LogP) is 3.07. The van der Waals surface area contributed by atoms with Crippen molar-refractivity contribution in [2.24, 2.45) is 0 Å². The topological polar surface area (TPSA) is 0 Å². The van der Waals surface area contributed by atoms with Crippen LogP contribution in [0.2, 0.25) is 0 Å². The zero-order valence-corrected chi connectivity index (χ0v) is 10.9. The van der Waals surface area contributed by atoms with Gasteiger partial charge in [0.1, 0.15) is 0 Å². The van der Waals surface area contributed by atoms with Crippen molar-refractivity contribution < 1.29 is 0 Å². The quantitative estimate of drug-likeness (QED) is 0.489. The van der Waals surface area contributed by atoms with Crippen LogP contribution in [0.5, 0.6) is 0 Å². The molecule has 0 aliphatic carbocycles. The van der Waals surface area contributed by atoms with Crippen molar-refractivity contribution in [2.75, 3.05) is 0 Å². The molecule has 0 aliphatic rings. The lowest BCUT2D eigenvalue weighted by atomic mass is 10.6. The third kappa shape index (κ3) is 14.7. The van der Waals surface area contributed by atoms with Crippen molar-refractivity contribution in [3.8, 4) is 0 Å². The average Bonchev–Trinajstić information content (AvgIpc) is 2.43. The van der Waals surface area contributed by atoms with Crippen LogP contribution in [0, 0.1) is 0 Å². The van der Waals surface area contributed by atoms with E-state index in [0.29, 0.717) is 0 Å². The molecule has 0 rings (SSSR count). The van der Waals surface area contributed by atoms with E-state index in [1.807, 2.05) is 0 Å². The van der Waals surface area contributed by atoms with Gasteiger partial charge in [0.25, 0.3) is 0 Å². The van der Waals surface area contributed by atoms with Crippen LogP contribution in [0.3, 0.4) is 0 Å². The van der Waals surface area contributed by atoms with Crippen molar-refractivity contribution in [2.45, 2.75) is 0 Å². The molecule has 0 atom stereocenters. The Morgan fingerprint density at radius 3 is 0.579 bits per heavy atom.